The molecule has 11 heteroatoms. The number of carbonyl (C=O) groups is 1. The highest BCUT2D eigenvalue weighted by atomic mass is 16.5. The molecule has 0 unspecified atom stereocenters. The molecule has 2 aliphatic rings. The van der Waals surface area contributed by atoms with E-state index in [1.54, 1.807) is 18.6 Å². The van der Waals surface area contributed by atoms with Gasteiger partial charge in [0.2, 0.25) is 5.95 Å². The molecule has 0 spiro atoms. The highest BCUT2D eigenvalue weighted by Gasteiger charge is 2.45. The molecule has 182 valence electrons. The lowest BCUT2D eigenvalue weighted by Crippen LogP contribution is -2.36. The van der Waals surface area contributed by atoms with Crippen LogP contribution in [0.5, 0.6) is 0 Å². The fourth-order valence-electron chi connectivity index (χ4n) is 5.00. The van der Waals surface area contributed by atoms with Crippen molar-refractivity contribution in [2.45, 2.75) is 43.6 Å². The molecular weight excluding hydrogens is 460 g/mol. The number of aliphatic carboxylic acids is 1. The van der Waals surface area contributed by atoms with Crippen LogP contribution in [0.4, 0.5) is 11.8 Å². The van der Waals surface area contributed by atoms with Crippen LogP contribution in [0, 0.1) is 0 Å². The minimum Gasteiger partial charge on any atom is -0.480 e. The second kappa shape index (κ2) is 8.67. The average Bonchev–Trinajstić information content (AvgIpc) is 3.56. The molecule has 0 aromatic carbocycles. The molecular formula is C25H24N8O3. The minimum absolute atomic E-state index is 0.224. The van der Waals surface area contributed by atoms with E-state index in [9.17, 15) is 9.90 Å². The van der Waals surface area contributed by atoms with Gasteiger partial charge >= 0.3 is 5.97 Å². The number of hydrogen-bond acceptors (Lipinski definition) is 10. The van der Waals surface area contributed by atoms with Crippen LogP contribution in [0.2, 0.25) is 0 Å². The van der Waals surface area contributed by atoms with Crippen LogP contribution in [0.15, 0.2) is 53.6 Å². The summed E-state index contributed by atoms with van der Waals surface area (Å²) in [6.07, 6.45) is 11.1. The summed E-state index contributed by atoms with van der Waals surface area (Å²) in [6.45, 7) is 0.675. The number of anilines is 2. The molecule has 11 nitrogen and oxygen atoms in total. The van der Waals surface area contributed by atoms with Gasteiger partial charge in [0.1, 0.15) is 11.9 Å². The Morgan fingerprint density at radius 2 is 1.81 bits per heavy atom. The van der Waals surface area contributed by atoms with Crippen molar-refractivity contribution in [3.05, 3.63) is 60.4 Å². The molecule has 1 saturated heterocycles. The first-order chi connectivity index (χ1) is 17.5. The van der Waals surface area contributed by atoms with E-state index in [0.29, 0.717) is 36.1 Å². The van der Waals surface area contributed by atoms with Crippen molar-refractivity contribution >= 4 is 17.7 Å². The molecule has 4 aromatic rings. The number of rotatable bonds is 6. The number of pyridine rings is 2. The Morgan fingerprint density at radius 3 is 2.44 bits per heavy atom. The summed E-state index contributed by atoms with van der Waals surface area (Å²) in [4.78, 5) is 35.2. The van der Waals surface area contributed by atoms with Crippen LogP contribution in [0.3, 0.4) is 0 Å². The van der Waals surface area contributed by atoms with E-state index in [1.807, 2.05) is 35.4 Å². The first-order valence-corrected chi connectivity index (χ1v) is 11.9. The predicted octanol–water partition coefficient (Wildman–Crippen LogP) is 3.09. The van der Waals surface area contributed by atoms with Crippen LogP contribution in [-0.4, -0.2) is 53.7 Å². The zero-order valence-electron chi connectivity index (χ0n) is 19.4. The maximum atomic E-state index is 11.5. The molecule has 0 bridgehead atoms. The van der Waals surface area contributed by atoms with Crippen LogP contribution in [0.25, 0.3) is 22.7 Å². The second-order valence-corrected chi connectivity index (χ2v) is 9.22. The topological polar surface area (TPSA) is 157 Å². The second-order valence-electron chi connectivity index (χ2n) is 9.22. The normalized spacial score (nSPS) is 18.7. The van der Waals surface area contributed by atoms with Crippen LogP contribution < -0.4 is 10.6 Å². The SMILES string of the molecule is Nc1ncc(-c2ccc(C3(c4noc(-c5ccc(N6CCC[C@H]6C(=O)O)nc5)n4)CCC3)cn2)cn1. The number of nitrogens with two attached hydrogens (primary N) is 1. The molecule has 3 N–H and O–H groups in total. The predicted molar refractivity (Wildman–Crippen MR) is 130 cm³/mol. The third-order valence-corrected chi connectivity index (χ3v) is 7.17. The number of aromatic nitrogens is 6. The highest BCUT2D eigenvalue weighted by Crippen LogP contribution is 2.48. The maximum Gasteiger partial charge on any atom is 0.326 e. The molecule has 1 aliphatic heterocycles. The number of nitrogens with zero attached hydrogens (tertiary/aromatic N) is 7. The molecule has 1 saturated carbocycles. The van der Waals surface area contributed by atoms with Crippen molar-refractivity contribution < 1.29 is 14.4 Å². The van der Waals surface area contributed by atoms with Gasteiger partial charge in [-0.1, -0.05) is 17.6 Å². The summed E-state index contributed by atoms with van der Waals surface area (Å²) in [5, 5.41) is 13.8. The summed E-state index contributed by atoms with van der Waals surface area (Å²) in [6, 6.07) is 7.10. The first-order valence-electron chi connectivity index (χ1n) is 11.9. The minimum atomic E-state index is -0.824. The Hall–Kier alpha value is -4.41. The fraction of sp³-hybridized carbons (Fsp3) is 0.320. The summed E-state index contributed by atoms with van der Waals surface area (Å²) < 4.78 is 5.63. The number of carboxylic acid groups (broad SMARTS) is 1. The van der Waals surface area contributed by atoms with Crippen molar-refractivity contribution in [2.24, 2.45) is 0 Å². The largest absolute Gasteiger partial charge is 0.480 e. The lowest BCUT2D eigenvalue weighted by Gasteiger charge is -2.39. The summed E-state index contributed by atoms with van der Waals surface area (Å²) in [5.74, 6) is 1.05. The molecule has 6 rings (SSSR count). The van der Waals surface area contributed by atoms with Gasteiger partial charge in [-0.3, -0.25) is 4.98 Å². The van der Waals surface area contributed by atoms with Crippen LogP contribution in [0.1, 0.15) is 43.5 Å². The van der Waals surface area contributed by atoms with Crippen molar-refractivity contribution in [1.29, 1.82) is 0 Å². The van der Waals surface area contributed by atoms with E-state index >= 15 is 0 Å². The standard InChI is InChI=1S/C25H24N8O3/c26-24-29-12-16(13-30-24)18-6-5-17(14-27-18)25(8-2-9-25)23-31-21(36-32-23)15-4-7-20(28-11-15)33-10-1-3-19(33)22(34)35/h4-7,11-14,19H,1-3,8-10H2,(H,34,35)(H2,26,29,30)/t19-/m0/s1. The molecule has 1 atom stereocenters. The number of carboxylic acids is 1. The van der Waals surface area contributed by atoms with E-state index in [4.69, 9.17) is 15.2 Å². The van der Waals surface area contributed by atoms with Gasteiger partial charge in [-0.25, -0.2) is 19.7 Å². The highest BCUT2D eigenvalue weighted by molar-refractivity contribution is 5.78. The fourth-order valence-corrected chi connectivity index (χ4v) is 5.00. The van der Waals surface area contributed by atoms with Crippen molar-refractivity contribution in [1.82, 2.24) is 30.1 Å². The molecule has 0 amide bonds. The molecule has 0 radical (unpaired) electrons. The third-order valence-electron chi connectivity index (χ3n) is 7.17. The number of hydrogen-bond donors (Lipinski definition) is 2. The van der Waals surface area contributed by atoms with Gasteiger partial charge in [0.25, 0.3) is 5.89 Å². The van der Waals surface area contributed by atoms with Gasteiger partial charge < -0.3 is 20.3 Å². The van der Waals surface area contributed by atoms with E-state index in [2.05, 4.69) is 25.1 Å². The zero-order chi connectivity index (χ0) is 24.7. The van der Waals surface area contributed by atoms with Gasteiger partial charge in [-0.15, -0.1) is 0 Å². The lowest BCUT2D eigenvalue weighted by molar-refractivity contribution is -0.138. The van der Waals surface area contributed by atoms with E-state index in [0.717, 1.165) is 42.5 Å². The van der Waals surface area contributed by atoms with Crippen LogP contribution >= 0.6 is 0 Å². The van der Waals surface area contributed by atoms with Gasteiger partial charge in [-0.05, 0) is 49.4 Å². The molecule has 36 heavy (non-hydrogen) atoms. The Kier molecular flexibility index (Phi) is 5.32. The molecule has 2 fully saturated rings. The van der Waals surface area contributed by atoms with Gasteiger partial charge in [0.15, 0.2) is 5.82 Å². The van der Waals surface area contributed by atoms with E-state index in [-0.39, 0.29) is 11.4 Å². The lowest BCUT2D eigenvalue weighted by atomic mass is 9.64. The smallest absolute Gasteiger partial charge is 0.326 e. The third kappa shape index (κ3) is 3.72. The van der Waals surface area contributed by atoms with Gasteiger partial charge in [-0.2, -0.15) is 4.98 Å². The van der Waals surface area contributed by atoms with Crippen molar-refractivity contribution in [2.75, 3.05) is 17.2 Å². The average molecular weight is 485 g/mol. The van der Waals surface area contributed by atoms with E-state index < -0.39 is 12.0 Å². The van der Waals surface area contributed by atoms with Crippen molar-refractivity contribution in [3.63, 3.8) is 0 Å². The Balaban J connectivity index is 1.24. The maximum absolute atomic E-state index is 11.5. The van der Waals surface area contributed by atoms with Crippen molar-refractivity contribution in [3.8, 4) is 22.7 Å². The summed E-state index contributed by atoms with van der Waals surface area (Å²) >= 11 is 0. The zero-order valence-corrected chi connectivity index (χ0v) is 19.4. The monoisotopic (exact) mass is 484 g/mol. The van der Waals surface area contributed by atoms with Crippen LogP contribution in [-0.2, 0) is 10.2 Å². The molecule has 5 heterocycles. The Bertz CT molecular complexity index is 1380. The number of nitrogen functional groups attached to an aromatic ring is 1. The summed E-state index contributed by atoms with van der Waals surface area (Å²) in [5.41, 5.74) is 8.51. The molecule has 4 aromatic heterocycles. The first kappa shape index (κ1) is 22.1. The van der Waals surface area contributed by atoms with Gasteiger partial charge in [0.05, 0.1) is 16.7 Å². The quantitative estimate of drug-likeness (QED) is 0.414. The summed E-state index contributed by atoms with van der Waals surface area (Å²) in [7, 11) is 0. The Labute approximate surface area is 206 Å². The van der Waals surface area contributed by atoms with Gasteiger partial charge in [0, 0.05) is 36.9 Å². The Morgan fingerprint density at radius 1 is 1.00 bits per heavy atom. The molecule has 1 aliphatic carbocycles. The van der Waals surface area contributed by atoms with E-state index in [1.165, 1.54) is 0 Å².